The Morgan fingerprint density at radius 3 is 2.35 bits per heavy atom. The maximum Gasteiger partial charge on any atom is 0.323 e. The molecule has 0 radical (unpaired) electrons. The van der Waals surface area contributed by atoms with Gasteiger partial charge in [-0.15, -0.1) is 0 Å². The SMILES string of the molecule is CC(C)(NCC(=O)Nc1ccccc1)C(=O)O. The summed E-state index contributed by atoms with van der Waals surface area (Å²) in [5.74, 6) is -1.27. The Labute approximate surface area is 99.8 Å². The summed E-state index contributed by atoms with van der Waals surface area (Å²) < 4.78 is 0. The van der Waals surface area contributed by atoms with E-state index in [4.69, 9.17) is 5.11 Å². The van der Waals surface area contributed by atoms with Gasteiger partial charge in [0, 0.05) is 5.69 Å². The van der Waals surface area contributed by atoms with Crippen LogP contribution >= 0.6 is 0 Å². The van der Waals surface area contributed by atoms with Crippen molar-refractivity contribution in [3.63, 3.8) is 0 Å². The van der Waals surface area contributed by atoms with Gasteiger partial charge in [0.05, 0.1) is 6.54 Å². The van der Waals surface area contributed by atoms with Crippen LogP contribution in [0, 0.1) is 0 Å². The minimum atomic E-state index is -1.12. The number of carboxylic acid groups (broad SMARTS) is 1. The first-order valence-corrected chi connectivity index (χ1v) is 5.25. The van der Waals surface area contributed by atoms with Gasteiger partial charge < -0.3 is 10.4 Å². The van der Waals surface area contributed by atoms with E-state index in [-0.39, 0.29) is 12.5 Å². The zero-order chi connectivity index (χ0) is 12.9. The fourth-order valence-electron chi connectivity index (χ4n) is 1.10. The molecule has 0 saturated carbocycles. The predicted octanol–water partition coefficient (Wildman–Crippen LogP) is 1.08. The molecule has 0 spiro atoms. The Hall–Kier alpha value is -1.88. The number of carbonyl (C=O) groups excluding carboxylic acids is 1. The highest BCUT2D eigenvalue weighted by molar-refractivity contribution is 5.92. The largest absolute Gasteiger partial charge is 0.480 e. The monoisotopic (exact) mass is 236 g/mol. The molecule has 5 heteroatoms. The third-order valence-electron chi connectivity index (χ3n) is 2.28. The Balaban J connectivity index is 2.44. The molecule has 1 rings (SSSR count). The van der Waals surface area contributed by atoms with Crippen LogP contribution < -0.4 is 10.6 Å². The van der Waals surface area contributed by atoms with Gasteiger partial charge in [0.1, 0.15) is 5.54 Å². The van der Waals surface area contributed by atoms with Crippen LogP contribution in [0.2, 0.25) is 0 Å². The summed E-state index contributed by atoms with van der Waals surface area (Å²) in [6.07, 6.45) is 0. The van der Waals surface area contributed by atoms with Crippen molar-refractivity contribution in [3.05, 3.63) is 30.3 Å². The molecular formula is C12H16N2O3. The number of hydrogen-bond acceptors (Lipinski definition) is 3. The van der Waals surface area contributed by atoms with Crippen LogP contribution in [0.1, 0.15) is 13.8 Å². The molecule has 92 valence electrons. The van der Waals surface area contributed by atoms with Crippen LogP contribution in [0.15, 0.2) is 30.3 Å². The first kappa shape index (κ1) is 13.2. The van der Waals surface area contributed by atoms with Gasteiger partial charge in [-0.3, -0.25) is 14.9 Å². The molecule has 5 nitrogen and oxygen atoms in total. The molecule has 0 bridgehead atoms. The van der Waals surface area contributed by atoms with Gasteiger partial charge in [0.25, 0.3) is 0 Å². The minimum Gasteiger partial charge on any atom is -0.480 e. The van der Waals surface area contributed by atoms with E-state index in [1.807, 2.05) is 18.2 Å². The van der Waals surface area contributed by atoms with Crippen molar-refractivity contribution in [3.8, 4) is 0 Å². The summed E-state index contributed by atoms with van der Waals surface area (Å²) in [4.78, 5) is 22.3. The standard InChI is InChI=1S/C12H16N2O3/c1-12(2,11(16)17)13-8-10(15)14-9-6-4-3-5-7-9/h3-7,13H,8H2,1-2H3,(H,14,15)(H,16,17). The van der Waals surface area contributed by atoms with Crippen LogP contribution in [0.3, 0.4) is 0 Å². The molecule has 17 heavy (non-hydrogen) atoms. The predicted molar refractivity (Wildman–Crippen MR) is 64.8 cm³/mol. The molecule has 1 aromatic rings. The summed E-state index contributed by atoms with van der Waals surface area (Å²) in [5.41, 5.74) is -0.430. The van der Waals surface area contributed by atoms with E-state index < -0.39 is 11.5 Å². The third-order valence-corrected chi connectivity index (χ3v) is 2.28. The topological polar surface area (TPSA) is 78.4 Å². The molecule has 0 aromatic heterocycles. The smallest absolute Gasteiger partial charge is 0.323 e. The van der Waals surface area contributed by atoms with Crippen molar-refractivity contribution in [1.29, 1.82) is 0 Å². The van der Waals surface area contributed by atoms with E-state index in [0.29, 0.717) is 5.69 Å². The van der Waals surface area contributed by atoms with Crippen LogP contribution in [0.4, 0.5) is 5.69 Å². The molecule has 0 saturated heterocycles. The zero-order valence-corrected chi connectivity index (χ0v) is 9.86. The maximum atomic E-state index is 11.5. The summed E-state index contributed by atoms with van der Waals surface area (Å²) >= 11 is 0. The van der Waals surface area contributed by atoms with Crippen molar-refractivity contribution >= 4 is 17.6 Å². The fourth-order valence-corrected chi connectivity index (χ4v) is 1.10. The molecule has 3 N–H and O–H groups in total. The van der Waals surface area contributed by atoms with Crippen molar-refractivity contribution in [2.24, 2.45) is 0 Å². The maximum absolute atomic E-state index is 11.5. The fraction of sp³-hybridized carbons (Fsp3) is 0.333. The normalized spacial score (nSPS) is 10.9. The van der Waals surface area contributed by atoms with Gasteiger partial charge in [-0.25, -0.2) is 0 Å². The second-order valence-electron chi connectivity index (χ2n) is 4.20. The lowest BCUT2D eigenvalue weighted by atomic mass is 10.1. The number of anilines is 1. The van der Waals surface area contributed by atoms with E-state index in [0.717, 1.165) is 0 Å². The van der Waals surface area contributed by atoms with Crippen molar-refractivity contribution < 1.29 is 14.7 Å². The van der Waals surface area contributed by atoms with Crippen molar-refractivity contribution in [2.45, 2.75) is 19.4 Å². The number of nitrogens with one attached hydrogen (secondary N) is 2. The average molecular weight is 236 g/mol. The Morgan fingerprint density at radius 1 is 1.24 bits per heavy atom. The molecule has 0 aliphatic rings. The number of benzene rings is 1. The van der Waals surface area contributed by atoms with Gasteiger partial charge >= 0.3 is 5.97 Å². The van der Waals surface area contributed by atoms with Crippen LogP contribution in [-0.2, 0) is 9.59 Å². The van der Waals surface area contributed by atoms with E-state index in [2.05, 4.69) is 10.6 Å². The number of hydrogen-bond donors (Lipinski definition) is 3. The van der Waals surface area contributed by atoms with Gasteiger partial charge in [-0.1, -0.05) is 18.2 Å². The van der Waals surface area contributed by atoms with E-state index in [1.54, 1.807) is 12.1 Å². The highest BCUT2D eigenvalue weighted by Crippen LogP contribution is 2.05. The van der Waals surface area contributed by atoms with E-state index in [1.165, 1.54) is 13.8 Å². The van der Waals surface area contributed by atoms with Gasteiger partial charge in [0.15, 0.2) is 0 Å². The second-order valence-corrected chi connectivity index (χ2v) is 4.20. The molecule has 0 aliphatic heterocycles. The van der Waals surface area contributed by atoms with Gasteiger partial charge in [0.2, 0.25) is 5.91 Å². The lowest BCUT2D eigenvalue weighted by molar-refractivity contribution is -0.143. The highest BCUT2D eigenvalue weighted by atomic mass is 16.4. The zero-order valence-electron chi connectivity index (χ0n) is 9.86. The summed E-state index contributed by atoms with van der Waals surface area (Å²) in [6, 6.07) is 9.00. The molecule has 0 heterocycles. The highest BCUT2D eigenvalue weighted by Gasteiger charge is 2.26. The molecule has 0 unspecified atom stereocenters. The Morgan fingerprint density at radius 2 is 1.82 bits per heavy atom. The Bertz CT molecular complexity index is 401. The Kier molecular flexibility index (Phi) is 4.23. The summed E-state index contributed by atoms with van der Waals surface area (Å²) in [7, 11) is 0. The molecule has 1 amide bonds. The first-order valence-electron chi connectivity index (χ1n) is 5.25. The average Bonchev–Trinajstić information content (AvgIpc) is 2.28. The minimum absolute atomic E-state index is 0.0474. The molecule has 0 aliphatic carbocycles. The first-order chi connectivity index (χ1) is 7.92. The number of aliphatic carboxylic acids is 1. The molecule has 0 fully saturated rings. The van der Waals surface area contributed by atoms with E-state index >= 15 is 0 Å². The van der Waals surface area contributed by atoms with Crippen molar-refractivity contribution in [1.82, 2.24) is 5.32 Å². The number of para-hydroxylation sites is 1. The lowest BCUT2D eigenvalue weighted by Crippen LogP contribution is -2.49. The second kappa shape index (κ2) is 5.45. The lowest BCUT2D eigenvalue weighted by Gasteiger charge is -2.20. The molecule has 0 atom stereocenters. The number of carbonyl (C=O) groups is 2. The van der Waals surface area contributed by atoms with Gasteiger partial charge in [-0.05, 0) is 26.0 Å². The van der Waals surface area contributed by atoms with Crippen LogP contribution in [0.5, 0.6) is 0 Å². The summed E-state index contributed by atoms with van der Waals surface area (Å²) in [5, 5.41) is 14.2. The van der Waals surface area contributed by atoms with Crippen molar-refractivity contribution in [2.75, 3.05) is 11.9 Å². The molecular weight excluding hydrogens is 220 g/mol. The quantitative estimate of drug-likeness (QED) is 0.714. The number of rotatable bonds is 5. The molecule has 1 aromatic carbocycles. The number of amides is 1. The van der Waals surface area contributed by atoms with Gasteiger partial charge in [-0.2, -0.15) is 0 Å². The number of carboxylic acids is 1. The van der Waals surface area contributed by atoms with E-state index in [9.17, 15) is 9.59 Å². The van der Waals surface area contributed by atoms with Crippen LogP contribution in [0.25, 0.3) is 0 Å². The summed E-state index contributed by atoms with van der Waals surface area (Å²) in [6.45, 7) is 2.96. The third kappa shape index (κ3) is 4.24. The van der Waals surface area contributed by atoms with Crippen LogP contribution in [-0.4, -0.2) is 29.1 Å².